The molecule has 2 heterocycles. The zero-order valence-electron chi connectivity index (χ0n) is 9.32. The molecular weight excluding hydrogens is 236 g/mol. The number of oxazole rings is 1. The van der Waals surface area contributed by atoms with Crippen LogP contribution in [0, 0.1) is 0 Å². The van der Waals surface area contributed by atoms with Crippen molar-refractivity contribution in [2.45, 2.75) is 12.3 Å². The van der Waals surface area contributed by atoms with E-state index in [1.165, 1.54) is 0 Å². The standard InChI is InChI=1S/C13H13ClN2O/c14-11-3-1-2-9(6-11)12-8-16-13(17-12)10-4-5-15-7-10/h1-3,6,8,10,15H,4-5,7H2. The molecule has 1 aromatic carbocycles. The van der Waals surface area contributed by atoms with Gasteiger partial charge >= 0.3 is 0 Å². The first-order chi connectivity index (χ1) is 8.33. The van der Waals surface area contributed by atoms with E-state index in [9.17, 15) is 0 Å². The monoisotopic (exact) mass is 248 g/mol. The molecule has 1 N–H and O–H groups in total. The molecular formula is C13H13ClN2O. The summed E-state index contributed by atoms with van der Waals surface area (Å²) < 4.78 is 5.80. The Morgan fingerprint density at radius 3 is 3.12 bits per heavy atom. The molecule has 0 bridgehead atoms. The van der Waals surface area contributed by atoms with Crippen LogP contribution in [-0.4, -0.2) is 18.1 Å². The van der Waals surface area contributed by atoms with E-state index in [1.807, 2.05) is 24.3 Å². The Morgan fingerprint density at radius 2 is 2.35 bits per heavy atom. The fourth-order valence-electron chi connectivity index (χ4n) is 2.12. The Bertz CT molecular complexity index is 518. The highest BCUT2D eigenvalue weighted by Gasteiger charge is 2.21. The van der Waals surface area contributed by atoms with Gasteiger partial charge in [0.05, 0.1) is 6.20 Å². The van der Waals surface area contributed by atoms with Crippen LogP contribution in [0.15, 0.2) is 34.9 Å². The maximum atomic E-state index is 5.96. The fraction of sp³-hybridized carbons (Fsp3) is 0.308. The van der Waals surface area contributed by atoms with Gasteiger partial charge in [-0.1, -0.05) is 23.7 Å². The van der Waals surface area contributed by atoms with Crippen LogP contribution in [-0.2, 0) is 0 Å². The summed E-state index contributed by atoms with van der Waals surface area (Å²) in [4.78, 5) is 4.35. The topological polar surface area (TPSA) is 38.1 Å². The predicted molar refractivity (Wildman–Crippen MR) is 67.2 cm³/mol. The lowest BCUT2D eigenvalue weighted by Gasteiger charge is -2.01. The minimum absolute atomic E-state index is 0.405. The van der Waals surface area contributed by atoms with E-state index < -0.39 is 0 Å². The number of hydrogen-bond donors (Lipinski definition) is 1. The molecule has 1 unspecified atom stereocenters. The van der Waals surface area contributed by atoms with Gasteiger partial charge in [0.2, 0.25) is 0 Å². The Labute approximate surface area is 105 Å². The molecule has 1 aliphatic heterocycles. The zero-order chi connectivity index (χ0) is 11.7. The lowest BCUT2D eigenvalue weighted by Crippen LogP contribution is -2.07. The third kappa shape index (κ3) is 2.21. The first kappa shape index (κ1) is 10.8. The first-order valence-electron chi connectivity index (χ1n) is 5.75. The van der Waals surface area contributed by atoms with E-state index >= 15 is 0 Å². The zero-order valence-corrected chi connectivity index (χ0v) is 10.1. The number of hydrogen-bond acceptors (Lipinski definition) is 3. The van der Waals surface area contributed by atoms with Gasteiger partial charge in [0.25, 0.3) is 0 Å². The van der Waals surface area contributed by atoms with Crippen molar-refractivity contribution in [2.24, 2.45) is 0 Å². The van der Waals surface area contributed by atoms with E-state index in [4.69, 9.17) is 16.0 Å². The molecule has 1 aromatic heterocycles. The molecule has 0 amide bonds. The summed E-state index contributed by atoms with van der Waals surface area (Å²) >= 11 is 5.96. The number of rotatable bonds is 2. The van der Waals surface area contributed by atoms with Crippen molar-refractivity contribution < 1.29 is 4.42 Å². The van der Waals surface area contributed by atoms with Crippen molar-refractivity contribution in [3.63, 3.8) is 0 Å². The van der Waals surface area contributed by atoms with Gasteiger partial charge in [-0.25, -0.2) is 4.98 Å². The fourth-order valence-corrected chi connectivity index (χ4v) is 2.31. The van der Waals surface area contributed by atoms with Crippen molar-refractivity contribution in [1.29, 1.82) is 0 Å². The van der Waals surface area contributed by atoms with Crippen molar-refractivity contribution in [1.82, 2.24) is 10.3 Å². The van der Waals surface area contributed by atoms with Crippen molar-refractivity contribution in [2.75, 3.05) is 13.1 Å². The van der Waals surface area contributed by atoms with E-state index in [0.29, 0.717) is 10.9 Å². The molecule has 0 aliphatic carbocycles. The molecule has 0 saturated carbocycles. The molecule has 1 aliphatic rings. The second kappa shape index (κ2) is 4.51. The van der Waals surface area contributed by atoms with Crippen LogP contribution in [0.3, 0.4) is 0 Å². The number of nitrogens with zero attached hydrogens (tertiary/aromatic N) is 1. The van der Waals surface area contributed by atoms with Gasteiger partial charge in [-0.05, 0) is 25.1 Å². The summed E-state index contributed by atoms with van der Waals surface area (Å²) in [5.41, 5.74) is 0.974. The van der Waals surface area contributed by atoms with E-state index in [1.54, 1.807) is 6.20 Å². The van der Waals surface area contributed by atoms with Gasteiger partial charge in [0.1, 0.15) is 0 Å². The van der Waals surface area contributed by atoms with E-state index in [0.717, 1.165) is 36.7 Å². The molecule has 1 atom stereocenters. The second-order valence-corrected chi connectivity index (χ2v) is 4.70. The first-order valence-corrected chi connectivity index (χ1v) is 6.13. The summed E-state index contributed by atoms with van der Waals surface area (Å²) in [5, 5.41) is 4.02. The smallest absolute Gasteiger partial charge is 0.199 e. The summed E-state index contributed by atoms with van der Waals surface area (Å²) in [7, 11) is 0. The average Bonchev–Trinajstić information content (AvgIpc) is 3.00. The maximum Gasteiger partial charge on any atom is 0.199 e. The minimum Gasteiger partial charge on any atom is -0.440 e. The molecule has 1 fully saturated rings. The quantitative estimate of drug-likeness (QED) is 0.888. The van der Waals surface area contributed by atoms with Gasteiger partial charge in [-0.3, -0.25) is 0 Å². The summed E-state index contributed by atoms with van der Waals surface area (Å²) in [6.07, 6.45) is 2.87. The van der Waals surface area contributed by atoms with Crippen LogP contribution in [0.2, 0.25) is 5.02 Å². The lowest BCUT2D eigenvalue weighted by molar-refractivity contribution is 0.467. The van der Waals surface area contributed by atoms with Gasteiger partial charge in [0, 0.05) is 23.0 Å². The van der Waals surface area contributed by atoms with Gasteiger partial charge in [0.15, 0.2) is 11.7 Å². The van der Waals surface area contributed by atoms with E-state index in [2.05, 4.69) is 10.3 Å². The van der Waals surface area contributed by atoms with Crippen LogP contribution >= 0.6 is 11.6 Å². The number of halogens is 1. The Hall–Kier alpha value is -1.32. The van der Waals surface area contributed by atoms with Gasteiger partial charge < -0.3 is 9.73 Å². The van der Waals surface area contributed by atoms with Gasteiger partial charge in [-0.15, -0.1) is 0 Å². The average molecular weight is 249 g/mol. The Kier molecular flexibility index (Phi) is 2.87. The molecule has 88 valence electrons. The second-order valence-electron chi connectivity index (χ2n) is 4.26. The van der Waals surface area contributed by atoms with Crippen LogP contribution in [0.25, 0.3) is 11.3 Å². The highest BCUT2D eigenvalue weighted by Crippen LogP contribution is 2.28. The SMILES string of the molecule is Clc1cccc(-c2cnc(C3CCNC3)o2)c1. The highest BCUT2D eigenvalue weighted by molar-refractivity contribution is 6.30. The highest BCUT2D eigenvalue weighted by atomic mass is 35.5. The van der Waals surface area contributed by atoms with Crippen LogP contribution in [0.4, 0.5) is 0 Å². The molecule has 3 rings (SSSR count). The molecule has 1 saturated heterocycles. The summed E-state index contributed by atoms with van der Waals surface area (Å²) in [5.74, 6) is 2.02. The lowest BCUT2D eigenvalue weighted by atomic mass is 10.1. The van der Waals surface area contributed by atoms with Crippen LogP contribution in [0.1, 0.15) is 18.2 Å². The van der Waals surface area contributed by atoms with Crippen LogP contribution < -0.4 is 5.32 Å². The number of nitrogens with one attached hydrogen (secondary N) is 1. The maximum absolute atomic E-state index is 5.96. The molecule has 0 radical (unpaired) electrons. The van der Waals surface area contributed by atoms with Crippen molar-refractivity contribution in [3.05, 3.63) is 41.4 Å². The Balaban J connectivity index is 1.89. The van der Waals surface area contributed by atoms with E-state index in [-0.39, 0.29) is 0 Å². The minimum atomic E-state index is 0.405. The number of aromatic nitrogens is 1. The number of benzene rings is 1. The van der Waals surface area contributed by atoms with Gasteiger partial charge in [-0.2, -0.15) is 0 Å². The van der Waals surface area contributed by atoms with Crippen molar-refractivity contribution in [3.8, 4) is 11.3 Å². The predicted octanol–water partition coefficient (Wildman–Crippen LogP) is 3.07. The third-order valence-corrected chi connectivity index (χ3v) is 3.28. The molecule has 0 spiro atoms. The molecule has 2 aromatic rings. The Morgan fingerprint density at radius 1 is 1.41 bits per heavy atom. The summed E-state index contributed by atoms with van der Waals surface area (Å²) in [6, 6.07) is 7.63. The molecule has 3 nitrogen and oxygen atoms in total. The summed E-state index contributed by atoms with van der Waals surface area (Å²) in [6.45, 7) is 2.00. The normalized spacial score (nSPS) is 19.7. The molecule has 17 heavy (non-hydrogen) atoms. The largest absolute Gasteiger partial charge is 0.440 e. The van der Waals surface area contributed by atoms with Crippen molar-refractivity contribution >= 4 is 11.6 Å². The van der Waals surface area contributed by atoms with Crippen LogP contribution in [0.5, 0.6) is 0 Å². The third-order valence-electron chi connectivity index (χ3n) is 3.04. The molecule has 4 heteroatoms.